The molecule has 0 aromatic carbocycles. The maximum absolute atomic E-state index is 6.30. The lowest BCUT2D eigenvalue weighted by molar-refractivity contribution is 0.699. The van der Waals surface area contributed by atoms with Gasteiger partial charge in [-0.2, -0.15) is 0 Å². The lowest BCUT2D eigenvalue weighted by Crippen LogP contribution is -2.09. The van der Waals surface area contributed by atoms with E-state index in [4.69, 9.17) is 11.2 Å². The van der Waals surface area contributed by atoms with Gasteiger partial charge in [-0.25, -0.2) is 0 Å². The van der Waals surface area contributed by atoms with E-state index in [1.807, 2.05) is 0 Å². The van der Waals surface area contributed by atoms with Crippen molar-refractivity contribution in [2.24, 2.45) is 0 Å². The highest BCUT2D eigenvalue weighted by molar-refractivity contribution is 7.85. The van der Waals surface area contributed by atoms with Crippen molar-refractivity contribution in [3.8, 4) is 0 Å². The van der Waals surface area contributed by atoms with Crippen LogP contribution in [0.15, 0.2) is 0 Å². The highest BCUT2D eigenvalue weighted by Gasteiger charge is 2.20. The molecule has 0 aliphatic heterocycles. The molecule has 1 unspecified atom stereocenters. The van der Waals surface area contributed by atoms with E-state index in [1.54, 1.807) is 0 Å². The zero-order chi connectivity index (χ0) is 9.61. The SMILES string of the molecule is CCCCCCP(Cl)C(C)(C)C. The molecule has 0 aromatic heterocycles. The Bertz CT molecular complexity index is 107. The third-order valence-corrected chi connectivity index (χ3v) is 6.13. The molecule has 0 saturated carbocycles. The second-order valence-corrected chi connectivity index (χ2v) is 8.05. The summed E-state index contributed by atoms with van der Waals surface area (Å²) in [5.74, 6) is 0. The van der Waals surface area contributed by atoms with Gasteiger partial charge in [0.2, 0.25) is 0 Å². The summed E-state index contributed by atoms with van der Waals surface area (Å²) in [4.78, 5) is 0. The van der Waals surface area contributed by atoms with Crippen molar-refractivity contribution in [3.05, 3.63) is 0 Å². The van der Waals surface area contributed by atoms with E-state index in [2.05, 4.69) is 27.7 Å². The fourth-order valence-corrected chi connectivity index (χ4v) is 2.54. The Balaban J connectivity index is 3.38. The Morgan fingerprint density at radius 2 is 1.67 bits per heavy atom. The van der Waals surface area contributed by atoms with Crippen LogP contribution < -0.4 is 0 Å². The third kappa shape index (κ3) is 6.26. The normalized spacial score (nSPS) is 14.8. The van der Waals surface area contributed by atoms with E-state index in [0.717, 1.165) is 0 Å². The van der Waals surface area contributed by atoms with Gasteiger partial charge >= 0.3 is 0 Å². The lowest BCUT2D eigenvalue weighted by Gasteiger charge is -2.24. The van der Waals surface area contributed by atoms with Gasteiger partial charge in [0, 0.05) is 0 Å². The molecule has 0 rings (SSSR count). The molecule has 0 radical (unpaired) electrons. The van der Waals surface area contributed by atoms with E-state index in [-0.39, 0.29) is 7.27 Å². The highest BCUT2D eigenvalue weighted by Crippen LogP contribution is 2.54. The maximum atomic E-state index is 6.30. The Hall–Kier alpha value is 0.720. The van der Waals surface area contributed by atoms with Crippen LogP contribution in [0.5, 0.6) is 0 Å². The number of unbranched alkanes of at least 4 members (excludes halogenated alkanes) is 3. The van der Waals surface area contributed by atoms with E-state index in [1.165, 1.54) is 31.8 Å². The van der Waals surface area contributed by atoms with Crippen LogP contribution >= 0.6 is 18.5 Å². The molecule has 0 amide bonds. The van der Waals surface area contributed by atoms with Crippen LogP contribution in [0.25, 0.3) is 0 Å². The summed E-state index contributed by atoms with van der Waals surface area (Å²) in [6.07, 6.45) is 6.60. The van der Waals surface area contributed by atoms with Gasteiger partial charge in [-0.15, -0.1) is 0 Å². The van der Waals surface area contributed by atoms with Gasteiger partial charge in [0.05, 0.1) is 0 Å². The van der Waals surface area contributed by atoms with Crippen molar-refractivity contribution in [3.63, 3.8) is 0 Å². The zero-order valence-corrected chi connectivity index (χ0v) is 10.5. The van der Waals surface area contributed by atoms with Crippen molar-refractivity contribution in [1.82, 2.24) is 0 Å². The van der Waals surface area contributed by atoms with Crippen LogP contribution in [-0.4, -0.2) is 11.3 Å². The van der Waals surface area contributed by atoms with Crippen LogP contribution in [0.1, 0.15) is 53.4 Å². The molecule has 74 valence electrons. The fraction of sp³-hybridized carbons (Fsp3) is 1.00. The van der Waals surface area contributed by atoms with Crippen LogP contribution in [0.2, 0.25) is 0 Å². The summed E-state index contributed by atoms with van der Waals surface area (Å²) >= 11 is 6.30. The summed E-state index contributed by atoms with van der Waals surface area (Å²) in [5, 5.41) is 0.336. The third-order valence-electron chi connectivity index (χ3n) is 1.94. The molecule has 0 nitrogen and oxygen atoms in total. The molecule has 0 spiro atoms. The van der Waals surface area contributed by atoms with Crippen LogP contribution in [0.3, 0.4) is 0 Å². The quantitative estimate of drug-likeness (QED) is 0.441. The van der Waals surface area contributed by atoms with E-state index in [0.29, 0.717) is 5.16 Å². The molecule has 0 saturated heterocycles. The summed E-state index contributed by atoms with van der Waals surface area (Å²) < 4.78 is 0. The van der Waals surface area contributed by atoms with Crippen molar-refractivity contribution >= 4 is 18.5 Å². The molecule has 0 aliphatic rings. The Morgan fingerprint density at radius 3 is 2.08 bits per heavy atom. The first-order chi connectivity index (χ1) is 5.48. The Labute approximate surface area is 83.6 Å². The minimum atomic E-state index is -0.266. The minimum Gasteiger partial charge on any atom is -0.0959 e. The summed E-state index contributed by atoms with van der Waals surface area (Å²) in [5.41, 5.74) is 0. The first-order valence-electron chi connectivity index (χ1n) is 4.92. The van der Waals surface area contributed by atoms with Crippen molar-refractivity contribution in [2.75, 3.05) is 6.16 Å². The van der Waals surface area contributed by atoms with Gasteiger partial charge in [-0.3, -0.25) is 0 Å². The predicted octanol–water partition coefficient (Wildman–Crippen LogP) is 5.00. The second-order valence-electron chi connectivity index (χ2n) is 4.32. The van der Waals surface area contributed by atoms with Crippen molar-refractivity contribution in [2.45, 2.75) is 58.5 Å². The molecule has 2 heteroatoms. The molecular weight excluding hydrogens is 187 g/mol. The van der Waals surface area contributed by atoms with E-state index >= 15 is 0 Å². The summed E-state index contributed by atoms with van der Waals surface area (Å²) in [7, 11) is -0.266. The largest absolute Gasteiger partial charge is 0.0959 e. The minimum absolute atomic E-state index is 0.266. The lowest BCUT2D eigenvalue weighted by atomic mass is 10.2. The molecule has 0 aromatic rings. The molecule has 0 bridgehead atoms. The topological polar surface area (TPSA) is 0 Å². The number of hydrogen-bond acceptors (Lipinski definition) is 0. The molecule has 1 atom stereocenters. The molecule has 0 heterocycles. The average Bonchev–Trinajstić information content (AvgIpc) is 1.96. The molecule has 0 N–H and O–H groups in total. The average molecular weight is 209 g/mol. The van der Waals surface area contributed by atoms with Gasteiger partial charge in [0.1, 0.15) is 0 Å². The summed E-state index contributed by atoms with van der Waals surface area (Å²) in [6, 6.07) is 0. The van der Waals surface area contributed by atoms with Gasteiger partial charge in [0.15, 0.2) is 0 Å². The highest BCUT2D eigenvalue weighted by atomic mass is 35.7. The smallest absolute Gasteiger partial charge is 0.00410 e. The standard InChI is InChI=1S/C10H22ClP/c1-5-6-7-8-9-12(11)10(2,3)4/h5-9H2,1-4H3. The van der Waals surface area contributed by atoms with E-state index < -0.39 is 0 Å². The second kappa shape index (κ2) is 6.22. The zero-order valence-electron chi connectivity index (χ0n) is 8.86. The van der Waals surface area contributed by atoms with Crippen LogP contribution in [0.4, 0.5) is 0 Å². The monoisotopic (exact) mass is 208 g/mol. The van der Waals surface area contributed by atoms with Crippen LogP contribution in [0, 0.1) is 0 Å². The molecular formula is C10H22ClP. The number of halogens is 1. The fourth-order valence-electron chi connectivity index (χ4n) is 1.01. The van der Waals surface area contributed by atoms with Crippen LogP contribution in [-0.2, 0) is 0 Å². The van der Waals surface area contributed by atoms with Gasteiger partial charge in [-0.05, 0) is 25.0 Å². The van der Waals surface area contributed by atoms with E-state index in [9.17, 15) is 0 Å². The molecule has 0 aliphatic carbocycles. The molecule has 0 fully saturated rings. The van der Waals surface area contributed by atoms with Crippen molar-refractivity contribution in [1.29, 1.82) is 0 Å². The predicted molar refractivity (Wildman–Crippen MR) is 61.5 cm³/mol. The Morgan fingerprint density at radius 1 is 1.08 bits per heavy atom. The first-order valence-corrected chi connectivity index (χ1v) is 7.35. The number of hydrogen-bond donors (Lipinski definition) is 0. The van der Waals surface area contributed by atoms with Gasteiger partial charge in [0.25, 0.3) is 0 Å². The maximum Gasteiger partial charge on any atom is -0.00410 e. The van der Waals surface area contributed by atoms with Gasteiger partial charge in [-0.1, -0.05) is 58.2 Å². The number of rotatable bonds is 5. The van der Waals surface area contributed by atoms with Gasteiger partial charge < -0.3 is 0 Å². The molecule has 12 heavy (non-hydrogen) atoms. The van der Waals surface area contributed by atoms with Crippen molar-refractivity contribution < 1.29 is 0 Å². The summed E-state index contributed by atoms with van der Waals surface area (Å²) in [6.45, 7) is 8.97. The Kier molecular flexibility index (Phi) is 6.59. The first kappa shape index (κ1) is 12.7.